The van der Waals surface area contributed by atoms with Gasteiger partial charge in [0.05, 0.1) is 0 Å². The molecule has 0 unspecified atom stereocenters. The van der Waals surface area contributed by atoms with Gasteiger partial charge in [-0.25, -0.2) is 4.39 Å². The van der Waals surface area contributed by atoms with E-state index in [1.54, 1.807) is 0 Å². The summed E-state index contributed by atoms with van der Waals surface area (Å²) in [4.78, 5) is 0. The third kappa shape index (κ3) is 1.73. The van der Waals surface area contributed by atoms with Gasteiger partial charge < -0.3 is 5.73 Å². The highest BCUT2D eigenvalue weighted by atomic mass is 19.1. The number of nitrogens with two attached hydrogens (primary N) is 1. The lowest BCUT2D eigenvalue weighted by atomic mass is 9.78. The summed E-state index contributed by atoms with van der Waals surface area (Å²) < 4.78 is 12.6. The van der Waals surface area contributed by atoms with Crippen molar-refractivity contribution < 1.29 is 4.39 Å². The second-order valence-corrected chi connectivity index (χ2v) is 3.71. The fourth-order valence-electron chi connectivity index (χ4n) is 1.75. The standard InChI is InChI=1S/C11H14FN/c12-11-5-10(6-11)9-3-1-8(7-13)2-4-9/h1-4,10-11H,5-7,13H2. The van der Waals surface area contributed by atoms with Crippen molar-refractivity contribution in [1.82, 2.24) is 0 Å². The third-order valence-electron chi connectivity index (χ3n) is 2.77. The first-order valence-corrected chi connectivity index (χ1v) is 4.72. The molecule has 1 aliphatic rings. The van der Waals surface area contributed by atoms with E-state index in [-0.39, 0.29) is 0 Å². The van der Waals surface area contributed by atoms with Crippen LogP contribution in [-0.4, -0.2) is 6.17 Å². The minimum absolute atomic E-state index is 0.446. The predicted octanol–water partition coefficient (Wildman–Crippen LogP) is 2.36. The smallest absolute Gasteiger partial charge is 0.101 e. The number of rotatable bonds is 2. The van der Waals surface area contributed by atoms with E-state index < -0.39 is 6.17 Å². The van der Waals surface area contributed by atoms with Crippen LogP contribution < -0.4 is 5.73 Å². The van der Waals surface area contributed by atoms with Crippen molar-refractivity contribution in [2.75, 3.05) is 0 Å². The van der Waals surface area contributed by atoms with Crippen LogP contribution in [0, 0.1) is 0 Å². The molecule has 0 radical (unpaired) electrons. The van der Waals surface area contributed by atoms with Crippen LogP contribution in [0.25, 0.3) is 0 Å². The first-order valence-electron chi connectivity index (χ1n) is 4.72. The number of hydrogen-bond donors (Lipinski definition) is 1. The predicted molar refractivity (Wildman–Crippen MR) is 51.2 cm³/mol. The Morgan fingerprint density at radius 2 is 1.85 bits per heavy atom. The summed E-state index contributed by atoms with van der Waals surface area (Å²) >= 11 is 0. The minimum atomic E-state index is -0.570. The molecule has 0 atom stereocenters. The summed E-state index contributed by atoms with van der Waals surface area (Å²) in [6.07, 6.45) is 0.823. The summed E-state index contributed by atoms with van der Waals surface area (Å²) in [6, 6.07) is 8.19. The SMILES string of the molecule is NCc1ccc(C2CC(F)C2)cc1. The van der Waals surface area contributed by atoms with Crippen molar-refractivity contribution in [2.24, 2.45) is 5.73 Å². The maximum Gasteiger partial charge on any atom is 0.101 e. The molecule has 0 aliphatic heterocycles. The van der Waals surface area contributed by atoms with Gasteiger partial charge in [0.25, 0.3) is 0 Å². The Morgan fingerprint density at radius 3 is 2.31 bits per heavy atom. The second-order valence-electron chi connectivity index (χ2n) is 3.71. The van der Waals surface area contributed by atoms with Gasteiger partial charge in [0.2, 0.25) is 0 Å². The van der Waals surface area contributed by atoms with E-state index in [0.717, 1.165) is 5.56 Å². The largest absolute Gasteiger partial charge is 0.326 e. The Morgan fingerprint density at radius 1 is 1.23 bits per heavy atom. The number of hydrogen-bond acceptors (Lipinski definition) is 1. The van der Waals surface area contributed by atoms with E-state index in [1.165, 1.54) is 5.56 Å². The molecule has 1 nitrogen and oxygen atoms in total. The van der Waals surface area contributed by atoms with Gasteiger partial charge >= 0.3 is 0 Å². The first-order chi connectivity index (χ1) is 6.29. The summed E-state index contributed by atoms with van der Waals surface area (Å²) in [5, 5.41) is 0. The van der Waals surface area contributed by atoms with Crippen LogP contribution >= 0.6 is 0 Å². The molecule has 1 aromatic rings. The average molecular weight is 179 g/mol. The lowest BCUT2D eigenvalue weighted by Crippen LogP contribution is -2.22. The molecule has 1 fully saturated rings. The van der Waals surface area contributed by atoms with Crippen LogP contribution in [0.5, 0.6) is 0 Å². The highest BCUT2D eigenvalue weighted by molar-refractivity contribution is 5.27. The lowest BCUT2D eigenvalue weighted by Gasteiger charge is -2.29. The first kappa shape index (κ1) is 8.70. The molecule has 0 amide bonds. The number of benzene rings is 1. The Kier molecular flexibility index (Phi) is 2.32. The van der Waals surface area contributed by atoms with Crippen molar-refractivity contribution in [2.45, 2.75) is 31.5 Å². The molecule has 0 bridgehead atoms. The molecule has 1 aliphatic carbocycles. The van der Waals surface area contributed by atoms with Gasteiger partial charge in [-0.1, -0.05) is 24.3 Å². The molecule has 2 N–H and O–H groups in total. The topological polar surface area (TPSA) is 26.0 Å². The van der Waals surface area contributed by atoms with E-state index >= 15 is 0 Å². The fraction of sp³-hybridized carbons (Fsp3) is 0.455. The number of halogens is 1. The molecule has 2 rings (SSSR count). The van der Waals surface area contributed by atoms with Crippen molar-refractivity contribution in [1.29, 1.82) is 0 Å². The van der Waals surface area contributed by atoms with E-state index in [9.17, 15) is 4.39 Å². The summed E-state index contributed by atoms with van der Waals surface area (Å²) in [6.45, 7) is 0.580. The van der Waals surface area contributed by atoms with Crippen molar-refractivity contribution >= 4 is 0 Å². The molecule has 1 saturated carbocycles. The molecule has 1 aromatic carbocycles. The van der Waals surface area contributed by atoms with Crippen LogP contribution in [0.15, 0.2) is 24.3 Å². The zero-order valence-corrected chi connectivity index (χ0v) is 7.54. The normalized spacial score (nSPS) is 26.9. The highest BCUT2D eigenvalue weighted by Gasteiger charge is 2.29. The van der Waals surface area contributed by atoms with E-state index in [2.05, 4.69) is 12.1 Å². The fourth-order valence-corrected chi connectivity index (χ4v) is 1.75. The van der Waals surface area contributed by atoms with E-state index in [1.807, 2.05) is 12.1 Å². The zero-order valence-electron chi connectivity index (χ0n) is 7.54. The van der Waals surface area contributed by atoms with Gasteiger partial charge in [0.1, 0.15) is 6.17 Å². The molecule has 0 saturated heterocycles. The van der Waals surface area contributed by atoms with Crippen LogP contribution in [0.3, 0.4) is 0 Å². The van der Waals surface area contributed by atoms with Crippen LogP contribution in [0.1, 0.15) is 29.9 Å². The quantitative estimate of drug-likeness (QED) is 0.741. The molecular weight excluding hydrogens is 165 g/mol. The summed E-state index contributed by atoms with van der Waals surface area (Å²) in [5.41, 5.74) is 7.88. The summed E-state index contributed by atoms with van der Waals surface area (Å²) in [5.74, 6) is 0.446. The number of alkyl halides is 1. The molecular formula is C11H14FN. The van der Waals surface area contributed by atoms with Crippen LogP contribution in [0.4, 0.5) is 4.39 Å². The monoisotopic (exact) mass is 179 g/mol. The van der Waals surface area contributed by atoms with Crippen molar-refractivity contribution in [3.05, 3.63) is 35.4 Å². The lowest BCUT2D eigenvalue weighted by molar-refractivity contribution is 0.179. The molecule has 70 valence electrons. The summed E-state index contributed by atoms with van der Waals surface area (Å²) in [7, 11) is 0. The molecule has 0 heterocycles. The van der Waals surface area contributed by atoms with E-state index in [4.69, 9.17) is 5.73 Å². The van der Waals surface area contributed by atoms with E-state index in [0.29, 0.717) is 25.3 Å². The van der Waals surface area contributed by atoms with Gasteiger partial charge in [0.15, 0.2) is 0 Å². The van der Waals surface area contributed by atoms with Crippen LogP contribution in [-0.2, 0) is 6.54 Å². The van der Waals surface area contributed by atoms with Gasteiger partial charge in [-0.2, -0.15) is 0 Å². The Balaban J connectivity index is 2.06. The average Bonchev–Trinajstić information content (AvgIpc) is 2.13. The second kappa shape index (κ2) is 3.46. The van der Waals surface area contributed by atoms with Gasteiger partial charge in [-0.05, 0) is 29.9 Å². The highest BCUT2D eigenvalue weighted by Crippen LogP contribution is 2.38. The van der Waals surface area contributed by atoms with Gasteiger partial charge in [-0.3, -0.25) is 0 Å². The molecule has 0 spiro atoms. The minimum Gasteiger partial charge on any atom is -0.326 e. The molecule has 2 heteroatoms. The van der Waals surface area contributed by atoms with Crippen LogP contribution in [0.2, 0.25) is 0 Å². The van der Waals surface area contributed by atoms with Crippen molar-refractivity contribution in [3.8, 4) is 0 Å². The third-order valence-corrected chi connectivity index (χ3v) is 2.77. The zero-order chi connectivity index (χ0) is 9.26. The maximum absolute atomic E-state index is 12.6. The van der Waals surface area contributed by atoms with Gasteiger partial charge in [0, 0.05) is 6.54 Å². The van der Waals surface area contributed by atoms with Gasteiger partial charge in [-0.15, -0.1) is 0 Å². The molecule has 0 aromatic heterocycles. The Labute approximate surface area is 77.8 Å². The molecule has 13 heavy (non-hydrogen) atoms. The Hall–Kier alpha value is -0.890. The Bertz CT molecular complexity index is 275. The van der Waals surface area contributed by atoms with Crippen molar-refractivity contribution in [3.63, 3.8) is 0 Å². The maximum atomic E-state index is 12.6.